The van der Waals surface area contributed by atoms with Crippen molar-refractivity contribution >= 4 is 29.1 Å². The van der Waals surface area contributed by atoms with Gasteiger partial charge in [0.05, 0.1) is 17.8 Å². The number of ether oxygens (including phenoxy) is 1. The maximum absolute atomic E-state index is 13.4. The minimum absolute atomic E-state index is 0.00353. The Morgan fingerprint density at radius 3 is 2.57 bits per heavy atom. The summed E-state index contributed by atoms with van der Waals surface area (Å²) in [5.41, 5.74) is 2.51. The molecule has 4 rings (SSSR count). The molecule has 0 aliphatic carbocycles. The lowest BCUT2D eigenvalue weighted by Gasteiger charge is -2.30. The molecule has 182 valence electrons. The van der Waals surface area contributed by atoms with Crippen molar-refractivity contribution in [1.29, 1.82) is 0 Å². The third kappa shape index (κ3) is 5.99. The molecule has 8 heteroatoms. The van der Waals surface area contributed by atoms with Gasteiger partial charge >= 0.3 is 0 Å². The number of rotatable bonds is 7. The summed E-state index contributed by atoms with van der Waals surface area (Å²) in [6.45, 7) is 5.72. The Bertz CT molecular complexity index is 1180. The molecule has 0 radical (unpaired) electrons. The van der Waals surface area contributed by atoms with Crippen LogP contribution in [0.1, 0.15) is 40.1 Å². The van der Waals surface area contributed by atoms with Crippen LogP contribution < -0.4 is 10.1 Å². The van der Waals surface area contributed by atoms with Crippen molar-refractivity contribution in [2.24, 2.45) is 0 Å². The fraction of sp³-hybridized carbons (Fsp3) is 0.296. The quantitative estimate of drug-likeness (QED) is 0.516. The highest BCUT2D eigenvalue weighted by atomic mass is 35.5. The second kappa shape index (κ2) is 10.9. The fourth-order valence-electron chi connectivity index (χ4n) is 4.14. The molecule has 2 heterocycles. The number of fused-ring (bicyclic) bond motifs is 1. The van der Waals surface area contributed by atoms with Gasteiger partial charge in [-0.3, -0.25) is 19.5 Å². The van der Waals surface area contributed by atoms with Crippen LogP contribution in [-0.4, -0.2) is 58.9 Å². The fourth-order valence-corrected chi connectivity index (χ4v) is 4.27. The molecule has 1 aliphatic heterocycles. The maximum atomic E-state index is 13.4. The molecule has 0 saturated heterocycles. The first-order chi connectivity index (χ1) is 16.8. The summed E-state index contributed by atoms with van der Waals surface area (Å²) in [5.74, 6) is -0.0102. The number of carbonyl (C=O) groups excluding carboxylic acids is 2. The van der Waals surface area contributed by atoms with Crippen molar-refractivity contribution in [3.05, 3.63) is 88.7 Å². The molecule has 1 N–H and O–H groups in total. The highest BCUT2D eigenvalue weighted by Gasteiger charge is 2.32. The summed E-state index contributed by atoms with van der Waals surface area (Å²) in [7, 11) is 2.02. The van der Waals surface area contributed by atoms with Gasteiger partial charge in [0.2, 0.25) is 0 Å². The molecule has 0 bridgehead atoms. The summed E-state index contributed by atoms with van der Waals surface area (Å²) in [4.78, 5) is 34.2. The number of hydrogen-bond donors (Lipinski definition) is 1. The Balaban J connectivity index is 1.59. The van der Waals surface area contributed by atoms with Crippen LogP contribution in [-0.2, 0) is 6.54 Å². The van der Waals surface area contributed by atoms with Crippen molar-refractivity contribution in [1.82, 2.24) is 14.8 Å². The molecule has 0 spiro atoms. The number of carbonyl (C=O) groups is 2. The normalized spacial score (nSPS) is 15.5. The summed E-state index contributed by atoms with van der Waals surface area (Å²) in [6, 6.07) is 16.3. The topological polar surface area (TPSA) is 74.8 Å². The van der Waals surface area contributed by atoms with E-state index >= 15 is 0 Å². The van der Waals surface area contributed by atoms with Gasteiger partial charge in [0.15, 0.2) is 5.75 Å². The molecule has 3 aromatic rings. The minimum Gasteiger partial charge on any atom is -0.484 e. The first-order valence-corrected chi connectivity index (χ1v) is 11.9. The predicted molar refractivity (Wildman–Crippen MR) is 137 cm³/mol. The molecule has 1 atom stereocenters. The number of nitrogens with one attached hydrogen (secondary N) is 1. The Labute approximate surface area is 210 Å². The van der Waals surface area contributed by atoms with Crippen LogP contribution in [0.5, 0.6) is 5.75 Å². The van der Waals surface area contributed by atoms with E-state index in [9.17, 15) is 9.59 Å². The van der Waals surface area contributed by atoms with E-state index in [0.29, 0.717) is 47.2 Å². The van der Waals surface area contributed by atoms with Crippen molar-refractivity contribution in [2.75, 3.05) is 25.5 Å². The molecule has 35 heavy (non-hydrogen) atoms. The van der Waals surface area contributed by atoms with Crippen LogP contribution in [0.15, 0.2) is 67.0 Å². The summed E-state index contributed by atoms with van der Waals surface area (Å²) >= 11 is 6.02. The third-order valence-corrected chi connectivity index (χ3v) is 6.14. The SMILES string of the molecule is CC(C)N1C[C@@H](CN(C)Cc2ccc(Cl)cc2)Oc2c(NC(=O)c3ccncc3)cccc2C1=O. The van der Waals surface area contributed by atoms with Gasteiger partial charge in [0.1, 0.15) is 6.10 Å². The van der Waals surface area contributed by atoms with Gasteiger partial charge < -0.3 is 15.0 Å². The number of amides is 2. The van der Waals surface area contributed by atoms with E-state index in [2.05, 4.69) is 15.2 Å². The summed E-state index contributed by atoms with van der Waals surface area (Å²) in [5, 5.41) is 3.61. The number of benzene rings is 2. The predicted octanol–water partition coefficient (Wildman–Crippen LogP) is 4.73. The van der Waals surface area contributed by atoms with E-state index in [-0.39, 0.29) is 24.0 Å². The average molecular weight is 493 g/mol. The van der Waals surface area contributed by atoms with Crippen LogP contribution in [0.2, 0.25) is 5.02 Å². The number of para-hydroxylation sites is 1. The zero-order chi connectivity index (χ0) is 24.9. The standard InChI is InChI=1S/C27H29ClN4O3/c1-18(2)32-17-22(16-31(3)15-19-7-9-21(28)10-8-19)35-25-23(27(32)34)5-4-6-24(25)30-26(33)20-11-13-29-14-12-20/h4-14,18,22H,15-17H2,1-3H3,(H,30,33)/t22-/m1/s1. The van der Waals surface area contributed by atoms with Gasteiger partial charge in [-0.25, -0.2) is 0 Å². The number of aromatic nitrogens is 1. The average Bonchev–Trinajstić information content (AvgIpc) is 2.98. The lowest BCUT2D eigenvalue weighted by Crippen LogP contribution is -2.45. The van der Waals surface area contributed by atoms with Crippen LogP contribution >= 0.6 is 11.6 Å². The summed E-state index contributed by atoms with van der Waals surface area (Å²) < 4.78 is 6.45. The largest absolute Gasteiger partial charge is 0.484 e. The molecule has 0 saturated carbocycles. The van der Waals surface area contributed by atoms with Crippen molar-refractivity contribution in [3.63, 3.8) is 0 Å². The van der Waals surface area contributed by atoms with E-state index < -0.39 is 0 Å². The van der Waals surface area contributed by atoms with Gasteiger partial charge in [-0.1, -0.05) is 29.8 Å². The summed E-state index contributed by atoms with van der Waals surface area (Å²) in [6.07, 6.45) is 2.83. The van der Waals surface area contributed by atoms with Gasteiger partial charge in [-0.05, 0) is 62.9 Å². The zero-order valence-corrected chi connectivity index (χ0v) is 20.8. The number of anilines is 1. The number of likely N-dealkylation sites (N-methyl/N-ethyl adjacent to an activating group) is 1. The third-order valence-electron chi connectivity index (χ3n) is 5.89. The maximum Gasteiger partial charge on any atom is 0.258 e. The van der Waals surface area contributed by atoms with E-state index in [1.807, 2.05) is 50.1 Å². The Kier molecular flexibility index (Phi) is 7.68. The van der Waals surface area contributed by atoms with Crippen LogP contribution in [0, 0.1) is 0 Å². The minimum atomic E-state index is -0.293. The van der Waals surface area contributed by atoms with Crippen molar-refractivity contribution in [3.8, 4) is 5.75 Å². The van der Waals surface area contributed by atoms with Gasteiger partial charge in [0.25, 0.3) is 11.8 Å². The molecule has 1 aromatic heterocycles. The van der Waals surface area contributed by atoms with Crippen molar-refractivity contribution < 1.29 is 14.3 Å². The molecule has 2 aromatic carbocycles. The Morgan fingerprint density at radius 2 is 1.89 bits per heavy atom. The molecule has 0 unspecified atom stereocenters. The highest BCUT2D eigenvalue weighted by Crippen LogP contribution is 2.34. The Hall–Kier alpha value is -3.42. The van der Waals surface area contributed by atoms with Crippen molar-refractivity contribution in [2.45, 2.75) is 32.5 Å². The number of halogens is 1. The molecule has 1 aliphatic rings. The first kappa shape index (κ1) is 24.7. The second-order valence-corrected chi connectivity index (χ2v) is 9.42. The molecule has 2 amide bonds. The van der Waals surface area contributed by atoms with Crippen LogP contribution in [0.4, 0.5) is 5.69 Å². The monoisotopic (exact) mass is 492 g/mol. The Morgan fingerprint density at radius 1 is 1.17 bits per heavy atom. The lowest BCUT2D eigenvalue weighted by molar-refractivity contribution is 0.0605. The highest BCUT2D eigenvalue weighted by molar-refractivity contribution is 6.30. The van der Waals surface area contributed by atoms with E-state index in [1.165, 1.54) is 0 Å². The smallest absolute Gasteiger partial charge is 0.258 e. The van der Waals surface area contributed by atoms with Crippen LogP contribution in [0.25, 0.3) is 0 Å². The molecular weight excluding hydrogens is 464 g/mol. The molecular formula is C27H29ClN4O3. The van der Waals surface area contributed by atoms with Crippen LogP contribution in [0.3, 0.4) is 0 Å². The molecule has 7 nitrogen and oxygen atoms in total. The van der Waals surface area contributed by atoms with Gasteiger partial charge in [-0.15, -0.1) is 0 Å². The van der Waals surface area contributed by atoms with Gasteiger partial charge in [0, 0.05) is 42.1 Å². The van der Waals surface area contributed by atoms with Gasteiger partial charge in [-0.2, -0.15) is 0 Å². The first-order valence-electron chi connectivity index (χ1n) is 11.6. The number of hydrogen-bond acceptors (Lipinski definition) is 5. The number of nitrogens with zero attached hydrogens (tertiary/aromatic N) is 3. The zero-order valence-electron chi connectivity index (χ0n) is 20.1. The van der Waals surface area contributed by atoms with E-state index in [1.54, 1.807) is 42.7 Å². The van der Waals surface area contributed by atoms with E-state index in [0.717, 1.165) is 5.56 Å². The van der Waals surface area contributed by atoms with E-state index in [4.69, 9.17) is 16.3 Å². The molecule has 0 fully saturated rings. The number of pyridine rings is 1. The second-order valence-electron chi connectivity index (χ2n) is 8.99. The lowest BCUT2D eigenvalue weighted by atomic mass is 10.1.